The monoisotopic (exact) mass is 442 g/mol. The van der Waals surface area contributed by atoms with Crippen LogP contribution in [0.25, 0.3) is 11.0 Å². The van der Waals surface area contributed by atoms with E-state index in [2.05, 4.69) is 28.0 Å². The van der Waals surface area contributed by atoms with E-state index in [1.807, 2.05) is 23.9 Å². The number of nitrogens with zero attached hydrogens (tertiary/aromatic N) is 5. The lowest BCUT2D eigenvalue weighted by molar-refractivity contribution is 0.198. The Hall–Kier alpha value is -2.58. The predicted molar refractivity (Wildman–Crippen MR) is 120 cm³/mol. The van der Waals surface area contributed by atoms with Crippen molar-refractivity contribution in [2.24, 2.45) is 0 Å². The van der Waals surface area contributed by atoms with E-state index in [9.17, 15) is 9.90 Å². The molecule has 0 saturated carbocycles. The SMILES string of the molecule is C[C@H](Cn1cc(Cl)cn1)c1nc2c3c(ccc2n1[C@@H]1CCNC1)N(C(=O)O)[C@@H](C)CC3. The van der Waals surface area contributed by atoms with Gasteiger partial charge in [0.1, 0.15) is 5.82 Å². The van der Waals surface area contributed by atoms with E-state index in [-0.39, 0.29) is 12.0 Å². The van der Waals surface area contributed by atoms with Crippen molar-refractivity contribution in [2.75, 3.05) is 18.0 Å². The third-order valence-corrected chi connectivity index (χ3v) is 6.79. The van der Waals surface area contributed by atoms with Gasteiger partial charge >= 0.3 is 6.09 Å². The third kappa shape index (κ3) is 3.47. The van der Waals surface area contributed by atoms with Crippen LogP contribution in [0.5, 0.6) is 0 Å². The lowest BCUT2D eigenvalue weighted by Gasteiger charge is -2.33. The minimum atomic E-state index is -0.906. The van der Waals surface area contributed by atoms with Crippen molar-refractivity contribution in [3.05, 3.63) is 40.9 Å². The summed E-state index contributed by atoms with van der Waals surface area (Å²) < 4.78 is 4.22. The van der Waals surface area contributed by atoms with Gasteiger partial charge in [0.15, 0.2) is 0 Å². The molecule has 0 radical (unpaired) electrons. The van der Waals surface area contributed by atoms with Gasteiger partial charge < -0.3 is 15.0 Å². The number of anilines is 1. The predicted octanol–water partition coefficient (Wildman–Crippen LogP) is 4.04. The molecule has 164 valence electrons. The summed E-state index contributed by atoms with van der Waals surface area (Å²) in [4.78, 5) is 18.6. The maximum Gasteiger partial charge on any atom is 0.412 e. The number of rotatable bonds is 4. The minimum Gasteiger partial charge on any atom is -0.465 e. The zero-order chi connectivity index (χ0) is 21.7. The Morgan fingerprint density at radius 3 is 2.90 bits per heavy atom. The summed E-state index contributed by atoms with van der Waals surface area (Å²) in [5.41, 5.74) is 3.83. The van der Waals surface area contributed by atoms with Crippen LogP contribution in [-0.2, 0) is 13.0 Å². The first-order valence-electron chi connectivity index (χ1n) is 10.9. The number of carboxylic acid groups (broad SMARTS) is 1. The van der Waals surface area contributed by atoms with Crippen molar-refractivity contribution < 1.29 is 9.90 Å². The maximum absolute atomic E-state index is 11.9. The second kappa shape index (κ2) is 7.84. The number of nitrogens with one attached hydrogen (secondary N) is 1. The molecule has 0 spiro atoms. The molecular weight excluding hydrogens is 416 g/mol. The topological polar surface area (TPSA) is 88.2 Å². The van der Waals surface area contributed by atoms with Gasteiger partial charge in [-0.05, 0) is 44.9 Å². The number of halogens is 1. The standard InChI is InChI=1S/C22H27ClN6O2/c1-13(11-27-12-15(23)9-25-27)21-26-20-17-4-3-14(2)28(22(30)31)18(17)5-6-19(20)29(21)16-7-8-24-10-16/h5-6,9,12-14,16,24H,3-4,7-8,10-11H2,1-2H3,(H,30,31)/t13-,14+,16-/m1/s1. The van der Waals surface area contributed by atoms with Crippen molar-refractivity contribution in [3.63, 3.8) is 0 Å². The largest absolute Gasteiger partial charge is 0.465 e. The fraction of sp³-hybridized carbons (Fsp3) is 0.500. The number of hydrogen-bond donors (Lipinski definition) is 2. The van der Waals surface area contributed by atoms with E-state index in [1.165, 1.54) is 4.90 Å². The van der Waals surface area contributed by atoms with E-state index in [0.717, 1.165) is 60.5 Å². The summed E-state index contributed by atoms with van der Waals surface area (Å²) in [5, 5.41) is 18.2. The first kappa shape index (κ1) is 20.3. The van der Waals surface area contributed by atoms with Crippen molar-refractivity contribution in [1.29, 1.82) is 0 Å². The highest BCUT2D eigenvalue weighted by Crippen LogP contribution is 2.38. The van der Waals surface area contributed by atoms with Crippen molar-refractivity contribution in [3.8, 4) is 0 Å². The lowest BCUT2D eigenvalue weighted by Crippen LogP contribution is -2.41. The summed E-state index contributed by atoms with van der Waals surface area (Å²) in [5.74, 6) is 1.14. The van der Waals surface area contributed by atoms with E-state index in [0.29, 0.717) is 17.6 Å². The Balaban J connectivity index is 1.64. The molecule has 31 heavy (non-hydrogen) atoms. The Morgan fingerprint density at radius 1 is 1.39 bits per heavy atom. The second-order valence-electron chi connectivity index (χ2n) is 8.74. The van der Waals surface area contributed by atoms with Crippen LogP contribution in [-0.4, -0.2) is 49.7 Å². The molecule has 1 fully saturated rings. The Morgan fingerprint density at radius 2 is 2.23 bits per heavy atom. The van der Waals surface area contributed by atoms with Crippen LogP contribution in [0.15, 0.2) is 24.5 Å². The molecule has 1 aromatic carbocycles. The number of fused-ring (bicyclic) bond motifs is 3. The minimum absolute atomic E-state index is 0.0356. The Kier molecular flexibility index (Phi) is 5.14. The molecule has 3 aromatic rings. The van der Waals surface area contributed by atoms with Crippen LogP contribution in [0.4, 0.5) is 10.5 Å². The number of hydrogen-bond acceptors (Lipinski definition) is 4. The summed E-state index contributed by atoms with van der Waals surface area (Å²) in [6.07, 6.45) is 5.25. The molecule has 0 unspecified atom stereocenters. The van der Waals surface area contributed by atoms with Gasteiger partial charge in [-0.2, -0.15) is 5.10 Å². The molecule has 1 amide bonds. The maximum atomic E-state index is 11.9. The molecule has 0 aliphatic carbocycles. The van der Waals surface area contributed by atoms with Crippen LogP contribution < -0.4 is 10.2 Å². The molecule has 5 rings (SSSR count). The van der Waals surface area contributed by atoms with Gasteiger partial charge in [0.05, 0.1) is 34.5 Å². The highest BCUT2D eigenvalue weighted by Gasteiger charge is 2.32. The highest BCUT2D eigenvalue weighted by molar-refractivity contribution is 6.30. The van der Waals surface area contributed by atoms with Crippen molar-refractivity contribution in [2.45, 2.75) is 57.7 Å². The molecule has 1 saturated heterocycles. The van der Waals surface area contributed by atoms with E-state index in [1.54, 1.807) is 6.20 Å². The van der Waals surface area contributed by atoms with Gasteiger partial charge in [-0.1, -0.05) is 18.5 Å². The number of aryl methyl sites for hydroxylation is 1. The molecule has 2 N–H and O–H groups in total. The number of aromatic nitrogens is 4. The molecule has 4 heterocycles. The molecule has 3 atom stereocenters. The first-order chi connectivity index (χ1) is 14.9. The van der Waals surface area contributed by atoms with Gasteiger partial charge in [-0.3, -0.25) is 9.58 Å². The van der Waals surface area contributed by atoms with Gasteiger partial charge in [-0.15, -0.1) is 0 Å². The Labute approximate surface area is 185 Å². The zero-order valence-corrected chi connectivity index (χ0v) is 18.5. The number of carbonyl (C=O) groups is 1. The summed E-state index contributed by atoms with van der Waals surface area (Å²) >= 11 is 6.05. The fourth-order valence-electron chi connectivity index (χ4n) is 5.10. The van der Waals surface area contributed by atoms with Gasteiger partial charge in [0.2, 0.25) is 0 Å². The van der Waals surface area contributed by atoms with Crippen LogP contribution in [0.1, 0.15) is 50.0 Å². The summed E-state index contributed by atoms with van der Waals surface area (Å²) in [7, 11) is 0. The second-order valence-corrected chi connectivity index (χ2v) is 9.18. The normalized spacial score (nSPS) is 22.1. The van der Waals surface area contributed by atoms with Gasteiger partial charge in [-0.25, -0.2) is 9.78 Å². The molecule has 0 bridgehead atoms. The third-order valence-electron chi connectivity index (χ3n) is 6.59. The van der Waals surface area contributed by atoms with E-state index >= 15 is 0 Å². The fourth-order valence-corrected chi connectivity index (χ4v) is 5.26. The highest BCUT2D eigenvalue weighted by atomic mass is 35.5. The average molecular weight is 443 g/mol. The van der Waals surface area contributed by atoms with E-state index < -0.39 is 6.09 Å². The lowest BCUT2D eigenvalue weighted by atomic mass is 9.95. The van der Waals surface area contributed by atoms with Gasteiger partial charge in [0.25, 0.3) is 0 Å². The van der Waals surface area contributed by atoms with E-state index in [4.69, 9.17) is 16.6 Å². The average Bonchev–Trinajstić information content (AvgIpc) is 3.46. The van der Waals surface area contributed by atoms with Crippen LogP contribution in [0.3, 0.4) is 0 Å². The molecular formula is C22H27ClN6O2. The van der Waals surface area contributed by atoms with Crippen molar-refractivity contribution >= 4 is 34.4 Å². The molecule has 9 heteroatoms. The van der Waals surface area contributed by atoms with Crippen LogP contribution >= 0.6 is 11.6 Å². The van der Waals surface area contributed by atoms with Crippen LogP contribution in [0, 0.1) is 0 Å². The smallest absolute Gasteiger partial charge is 0.412 e. The first-order valence-corrected chi connectivity index (χ1v) is 11.3. The summed E-state index contributed by atoms with van der Waals surface area (Å²) in [6.45, 7) is 6.70. The number of imidazole rings is 1. The van der Waals surface area contributed by atoms with Crippen LogP contribution in [0.2, 0.25) is 5.02 Å². The number of amides is 1. The zero-order valence-electron chi connectivity index (χ0n) is 17.8. The molecule has 8 nitrogen and oxygen atoms in total. The molecule has 2 aliphatic heterocycles. The molecule has 2 aliphatic rings. The van der Waals surface area contributed by atoms with Gasteiger partial charge in [0, 0.05) is 36.3 Å². The summed E-state index contributed by atoms with van der Waals surface area (Å²) in [6, 6.07) is 4.31. The molecule has 2 aromatic heterocycles. The number of benzene rings is 1. The van der Waals surface area contributed by atoms with Crippen molar-refractivity contribution in [1.82, 2.24) is 24.6 Å². The Bertz CT molecular complexity index is 1130. The quantitative estimate of drug-likeness (QED) is 0.636.